The van der Waals surface area contributed by atoms with E-state index in [2.05, 4.69) is 11.5 Å². The minimum atomic E-state index is -4.52. The highest BCUT2D eigenvalue weighted by Crippen LogP contribution is 2.66. The Hall–Kier alpha value is -4.86. The third-order valence-electron chi connectivity index (χ3n) is 12.0. The van der Waals surface area contributed by atoms with Gasteiger partial charge in [-0.25, -0.2) is 0 Å². The van der Waals surface area contributed by atoms with Crippen LogP contribution in [0.2, 0.25) is 0 Å². The van der Waals surface area contributed by atoms with E-state index in [0.29, 0.717) is 44.5 Å². The van der Waals surface area contributed by atoms with Crippen molar-refractivity contribution in [3.63, 3.8) is 0 Å². The van der Waals surface area contributed by atoms with Crippen molar-refractivity contribution in [1.82, 2.24) is 9.80 Å². The number of piperidine rings is 1. The molecule has 4 aromatic rings. The molecule has 2 heterocycles. The summed E-state index contributed by atoms with van der Waals surface area (Å²) in [4.78, 5) is 18.8. The number of phenols is 1. The molecule has 4 aliphatic rings. The molecular formula is C43H41F3N2O4. The van der Waals surface area contributed by atoms with Gasteiger partial charge in [-0.15, -0.1) is 6.58 Å². The van der Waals surface area contributed by atoms with Gasteiger partial charge in [0.05, 0.1) is 22.6 Å². The second kappa shape index (κ2) is 13.0. The highest BCUT2D eigenvalue weighted by Gasteiger charge is 2.73. The average molecular weight is 707 g/mol. The van der Waals surface area contributed by atoms with E-state index < -0.39 is 34.9 Å². The zero-order valence-electron chi connectivity index (χ0n) is 28.7. The van der Waals surface area contributed by atoms with E-state index in [-0.39, 0.29) is 35.7 Å². The zero-order valence-corrected chi connectivity index (χ0v) is 28.7. The number of hydrogen-bond acceptors (Lipinski definition) is 5. The van der Waals surface area contributed by atoms with Crippen LogP contribution in [0.25, 0.3) is 6.08 Å². The summed E-state index contributed by atoms with van der Waals surface area (Å²) in [6, 6.07) is 27.6. The van der Waals surface area contributed by atoms with E-state index in [9.17, 15) is 28.2 Å². The van der Waals surface area contributed by atoms with Crippen LogP contribution < -0.4 is 4.74 Å². The summed E-state index contributed by atoms with van der Waals surface area (Å²) in [6.07, 6.45) is 1.41. The zero-order chi connectivity index (χ0) is 36.3. The van der Waals surface area contributed by atoms with Crippen LogP contribution in [-0.2, 0) is 22.8 Å². The van der Waals surface area contributed by atoms with E-state index >= 15 is 0 Å². The second-order valence-corrected chi connectivity index (χ2v) is 14.6. The molecule has 6 nitrogen and oxygen atoms in total. The Labute approximate surface area is 301 Å². The third-order valence-corrected chi connectivity index (χ3v) is 12.0. The summed E-state index contributed by atoms with van der Waals surface area (Å²) in [5.41, 5.74) is 1.25. The van der Waals surface area contributed by atoms with E-state index in [0.717, 1.165) is 34.4 Å². The molecule has 1 saturated heterocycles. The van der Waals surface area contributed by atoms with Crippen molar-refractivity contribution >= 4 is 12.0 Å². The van der Waals surface area contributed by atoms with Gasteiger partial charge in [-0.1, -0.05) is 84.9 Å². The topological polar surface area (TPSA) is 73.2 Å². The second-order valence-electron chi connectivity index (χ2n) is 14.6. The summed E-state index contributed by atoms with van der Waals surface area (Å²) < 4.78 is 47.6. The predicted octanol–water partition coefficient (Wildman–Crippen LogP) is 7.49. The van der Waals surface area contributed by atoms with Crippen molar-refractivity contribution in [2.24, 2.45) is 0 Å². The molecule has 2 aliphatic carbocycles. The number of halogens is 3. The van der Waals surface area contributed by atoms with Crippen LogP contribution in [0, 0.1) is 0 Å². The Bertz CT molecular complexity index is 1980. The van der Waals surface area contributed by atoms with Crippen molar-refractivity contribution in [2.45, 2.75) is 67.0 Å². The number of likely N-dealkylation sites (tertiary alicyclic amines) is 1. The van der Waals surface area contributed by atoms with Gasteiger partial charge < -0.3 is 19.8 Å². The summed E-state index contributed by atoms with van der Waals surface area (Å²) in [6.45, 7) is 5.52. The number of aliphatic hydroxyl groups is 1. The molecule has 4 aromatic carbocycles. The number of nitrogens with zero attached hydrogens (tertiary/aromatic N) is 2. The van der Waals surface area contributed by atoms with Gasteiger partial charge in [-0.3, -0.25) is 9.69 Å². The van der Waals surface area contributed by atoms with E-state index in [1.807, 2.05) is 72.8 Å². The van der Waals surface area contributed by atoms with Gasteiger partial charge in [0.15, 0.2) is 11.5 Å². The highest BCUT2D eigenvalue weighted by atomic mass is 19.4. The number of amides is 1. The fourth-order valence-electron chi connectivity index (χ4n) is 9.75. The lowest BCUT2D eigenvalue weighted by Crippen LogP contribution is -2.78. The lowest BCUT2D eigenvalue weighted by molar-refractivity contribution is -0.199. The Morgan fingerprint density at radius 3 is 2.38 bits per heavy atom. The summed E-state index contributed by atoms with van der Waals surface area (Å²) in [5.74, 6) is -0.239. The number of hydrogen-bond donors (Lipinski definition) is 2. The predicted molar refractivity (Wildman–Crippen MR) is 193 cm³/mol. The number of aromatic hydroxyl groups is 1. The first kappa shape index (κ1) is 34.2. The molecule has 1 spiro atoms. The maximum atomic E-state index is 14.7. The van der Waals surface area contributed by atoms with Crippen molar-refractivity contribution in [3.05, 3.63) is 149 Å². The molecule has 0 aromatic heterocycles. The Kier molecular flexibility index (Phi) is 8.54. The van der Waals surface area contributed by atoms with Crippen LogP contribution in [-0.4, -0.2) is 69.3 Å². The number of carbonyl (C=O) groups is 1. The first-order valence-electron chi connectivity index (χ1n) is 17.9. The normalized spacial score (nSPS) is 26.2. The molecular weight excluding hydrogens is 665 g/mol. The van der Waals surface area contributed by atoms with Crippen LogP contribution in [0.3, 0.4) is 0 Å². The van der Waals surface area contributed by atoms with Crippen LogP contribution in [0.1, 0.15) is 58.6 Å². The molecule has 2 bridgehead atoms. The van der Waals surface area contributed by atoms with E-state index in [4.69, 9.17) is 4.74 Å². The van der Waals surface area contributed by atoms with Gasteiger partial charge in [-0.05, 0) is 78.8 Å². The Balaban J connectivity index is 1.24. The fraction of sp³-hybridized carbons (Fsp3) is 0.326. The van der Waals surface area contributed by atoms with Gasteiger partial charge in [-0.2, -0.15) is 13.2 Å². The highest BCUT2D eigenvalue weighted by molar-refractivity contribution is 5.92. The van der Waals surface area contributed by atoms with Crippen LogP contribution in [0.4, 0.5) is 13.2 Å². The number of phenolic OH excluding ortho intramolecular Hbond substituents is 1. The minimum Gasteiger partial charge on any atom is -0.504 e. The number of alkyl halides is 3. The molecule has 9 heteroatoms. The SMILES string of the molecule is C=CCN1CC[C@]23c4c5ccc(O)c4O[C@H]2[C@@H](N(CC(c2ccccc2)c2ccccc2)C(=O)C=Cc2cccc(C(F)(F)F)c2)CC[C@@]3(O)[C@H]1C5. The quantitative estimate of drug-likeness (QED) is 0.139. The Morgan fingerprint density at radius 1 is 1.00 bits per heavy atom. The standard InChI is InChI=1S/C43H41F3N2O4/c1-2-23-47-24-22-41-38-31-17-18-35(49)39(38)52-40(41)34(20-21-42(41,51)36(47)26-31)48(37(50)19-16-28-10-9-15-32(25-28)43(44,45)46)27-33(29-11-5-3-6-12-29)30-13-7-4-8-14-30/h2-19,25,33-34,36,40,49,51H,1,20-24,26-27H2/t34-,36+,40-,41-,42+/m0/s1. The molecule has 5 atom stereocenters. The van der Waals surface area contributed by atoms with Crippen molar-refractivity contribution in [1.29, 1.82) is 0 Å². The molecule has 52 heavy (non-hydrogen) atoms. The maximum absolute atomic E-state index is 14.7. The average Bonchev–Trinajstić information content (AvgIpc) is 3.50. The maximum Gasteiger partial charge on any atom is 0.416 e. The smallest absolute Gasteiger partial charge is 0.416 e. The molecule has 268 valence electrons. The number of ether oxygens (including phenoxy) is 1. The van der Waals surface area contributed by atoms with E-state index in [1.54, 1.807) is 17.0 Å². The van der Waals surface area contributed by atoms with Gasteiger partial charge in [0, 0.05) is 36.7 Å². The van der Waals surface area contributed by atoms with Gasteiger partial charge in [0.2, 0.25) is 5.91 Å². The summed E-state index contributed by atoms with van der Waals surface area (Å²) in [7, 11) is 0. The summed E-state index contributed by atoms with van der Waals surface area (Å²) in [5, 5.41) is 24.2. The van der Waals surface area contributed by atoms with Crippen LogP contribution >= 0.6 is 0 Å². The molecule has 8 rings (SSSR count). The van der Waals surface area contributed by atoms with Crippen LogP contribution in [0.5, 0.6) is 11.5 Å². The lowest BCUT2D eigenvalue weighted by atomic mass is 9.48. The Morgan fingerprint density at radius 2 is 1.71 bits per heavy atom. The van der Waals surface area contributed by atoms with Crippen molar-refractivity contribution in [2.75, 3.05) is 19.6 Å². The largest absolute Gasteiger partial charge is 0.504 e. The monoisotopic (exact) mass is 706 g/mol. The molecule has 1 amide bonds. The van der Waals surface area contributed by atoms with Crippen LogP contribution in [0.15, 0.2) is 116 Å². The van der Waals surface area contributed by atoms with Gasteiger partial charge in [0.25, 0.3) is 0 Å². The minimum absolute atomic E-state index is 0.00404. The lowest BCUT2D eigenvalue weighted by Gasteiger charge is -2.64. The number of rotatable bonds is 9. The molecule has 0 radical (unpaired) electrons. The first-order valence-corrected chi connectivity index (χ1v) is 17.9. The molecule has 2 fully saturated rings. The van der Waals surface area contributed by atoms with Crippen molar-refractivity contribution in [3.8, 4) is 11.5 Å². The molecule has 2 aliphatic heterocycles. The van der Waals surface area contributed by atoms with Gasteiger partial charge >= 0.3 is 6.18 Å². The van der Waals surface area contributed by atoms with Crippen molar-refractivity contribution < 1.29 is 32.9 Å². The van der Waals surface area contributed by atoms with E-state index in [1.165, 1.54) is 18.2 Å². The first-order chi connectivity index (χ1) is 25.0. The number of benzene rings is 4. The molecule has 0 unspecified atom stereocenters. The third kappa shape index (κ3) is 5.44. The fourth-order valence-corrected chi connectivity index (χ4v) is 9.75. The van der Waals surface area contributed by atoms with Gasteiger partial charge in [0.1, 0.15) is 6.10 Å². The number of carbonyl (C=O) groups excluding carboxylic acids is 1. The summed E-state index contributed by atoms with van der Waals surface area (Å²) >= 11 is 0. The molecule has 2 N–H and O–H groups in total. The molecule has 1 saturated carbocycles.